The normalized spacial score (nSPS) is 17.4. The summed E-state index contributed by atoms with van der Waals surface area (Å²) >= 11 is 0. The number of aromatic nitrogens is 7. The lowest BCUT2D eigenvalue weighted by Gasteiger charge is -2.18. The molecule has 1 amide bonds. The number of aryl methyl sites for hydroxylation is 1. The van der Waals surface area contributed by atoms with Gasteiger partial charge in [-0.15, -0.1) is 5.10 Å². The van der Waals surface area contributed by atoms with Crippen molar-refractivity contribution in [1.82, 2.24) is 35.2 Å². The van der Waals surface area contributed by atoms with Crippen LogP contribution in [0.3, 0.4) is 0 Å². The van der Waals surface area contributed by atoms with Crippen LogP contribution in [0, 0.1) is 5.92 Å². The minimum Gasteiger partial charge on any atom is -0.351 e. The largest absolute Gasteiger partial charge is 0.351 e. The number of hydrogen-bond donors (Lipinski definition) is 3. The SMILES string of the molecule is O=C(Nc1ccn(-c2cnc(NC3Cc4ccccc4C3)nc2)n1)C1CCc2n[nH]nc2C1. The second-order valence-electron chi connectivity index (χ2n) is 8.57. The average Bonchev–Trinajstić information content (AvgIpc) is 3.58. The number of H-pyrrole nitrogens is 1. The molecule has 10 heteroatoms. The highest BCUT2D eigenvalue weighted by atomic mass is 16.2. The van der Waals surface area contributed by atoms with E-state index in [0.717, 1.165) is 42.8 Å². The predicted molar refractivity (Wildman–Crippen MR) is 121 cm³/mol. The number of benzene rings is 1. The van der Waals surface area contributed by atoms with Crippen molar-refractivity contribution in [2.45, 2.75) is 38.1 Å². The fourth-order valence-corrected chi connectivity index (χ4v) is 4.63. The second-order valence-corrected chi connectivity index (χ2v) is 8.57. The van der Waals surface area contributed by atoms with Crippen molar-refractivity contribution in [3.05, 3.63) is 71.4 Å². The first kappa shape index (κ1) is 19.6. The lowest BCUT2D eigenvalue weighted by atomic mass is 9.89. The average molecular weight is 441 g/mol. The van der Waals surface area contributed by atoms with Crippen LogP contribution >= 0.6 is 0 Å². The summed E-state index contributed by atoms with van der Waals surface area (Å²) in [5.74, 6) is 0.907. The number of fused-ring (bicyclic) bond motifs is 2. The molecule has 0 bridgehead atoms. The van der Waals surface area contributed by atoms with Crippen LogP contribution in [-0.2, 0) is 30.5 Å². The Kier molecular flexibility index (Phi) is 4.82. The van der Waals surface area contributed by atoms with Gasteiger partial charge in [0.25, 0.3) is 0 Å². The van der Waals surface area contributed by atoms with E-state index < -0.39 is 0 Å². The van der Waals surface area contributed by atoms with Crippen molar-refractivity contribution in [3.63, 3.8) is 0 Å². The lowest BCUT2D eigenvalue weighted by molar-refractivity contribution is -0.120. The van der Waals surface area contributed by atoms with Crippen LogP contribution in [0.5, 0.6) is 0 Å². The molecule has 0 saturated heterocycles. The van der Waals surface area contributed by atoms with Crippen molar-refractivity contribution in [1.29, 1.82) is 0 Å². The molecule has 3 aromatic heterocycles. The Morgan fingerprint density at radius 2 is 1.76 bits per heavy atom. The number of nitrogens with one attached hydrogen (secondary N) is 3. The Hall–Kier alpha value is -4.08. The number of amides is 1. The van der Waals surface area contributed by atoms with Crippen LogP contribution in [-0.4, -0.2) is 47.1 Å². The van der Waals surface area contributed by atoms with E-state index in [0.29, 0.717) is 24.2 Å². The Bertz CT molecular complexity index is 1270. The molecule has 1 aromatic carbocycles. The van der Waals surface area contributed by atoms with Gasteiger partial charge in [-0.1, -0.05) is 24.3 Å². The summed E-state index contributed by atoms with van der Waals surface area (Å²) in [7, 11) is 0. The van der Waals surface area contributed by atoms with E-state index in [1.807, 2.05) is 0 Å². The van der Waals surface area contributed by atoms with Gasteiger partial charge >= 0.3 is 0 Å². The van der Waals surface area contributed by atoms with Gasteiger partial charge in [-0.2, -0.15) is 15.4 Å². The van der Waals surface area contributed by atoms with Gasteiger partial charge < -0.3 is 10.6 Å². The molecule has 6 rings (SSSR count). The van der Waals surface area contributed by atoms with Crippen molar-refractivity contribution in [2.75, 3.05) is 10.6 Å². The third kappa shape index (κ3) is 3.95. The molecule has 0 radical (unpaired) electrons. The molecule has 1 unspecified atom stereocenters. The van der Waals surface area contributed by atoms with Crippen LogP contribution < -0.4 is 10.6 Å². The second kappa shape index (κ2) is 8.12. The van der Waals surface area contributed by atoms with Crippen LogP contribution in [0.2, 0.25) is 0 Å². The van der Waals surface area contributed by atoms with E-state index >= 15 is 0 Å². The Balaban J connectivity index is 1.07. The molecule has 33 heavy (non-hydrogen) atoms. The van der Waals surface area contributed by atoms with Gasteiger partial charge in [-0.3, -0.25) is 4.79 Å². The zero-order valence-corrected chi connectivity index (χ0v) is 17.9. The molecule has 1 atom stereocenters. The van der Waals surface area contributed by atoms with E-state index in [1.165, 1.54) is 11.1 Å². The first-order valence-electron chi connectivity index (χ1n) is 11.1. The lowest BCUT2D eigenvalue weighted by Crippen LogP contribution is -2.28. The fraction of sp³-hybridized carbons (Fsp3) is 0.304. The van der Waals surface area contributed by atoms with Gasteiger partial charge in [0.05, 0.1) is 23.8 Å². The number of carbonyl (C=O) groups excluding carboxylic acids is 1. The number of anilines is 2. The highest BCUT2D eigenvalue weighted by Crippen LogP contribution is 2.25. The summed E-state index contributed by atoms with van der Waals surface area (Å²) in [6.07, 6.45) is 9.28. The zero-order chi connectivity index (χ0) is 22.2. The molecule has 2 aliphatic carbocycles. The van der Waals surface area contributed by atoms with E-state index in [4.69, 9.17) is 0 Å². The third-order valence-electron chi connectivity index (χ3n) is 6.37. The van der Waals surface area contributed by atoms with Crippen molar-refractivity contribution in [2.24, 2.45) is 5.92 Å². The molecule has 0 saturated carbocycles. The summed E-state index contributed by atoms with van der Waals surface area (Å²) in [5.41, 5.74) is 5.32. The fourth-order valence-electron chi connectivity index (χ4n) is 4.63. The molecule has 10 nitrogen and oxygen atoms in total. The molecule has 0 aliphatic heterocycles. The Labute approximate surface area is 189 Å². The maximum absolute atomic E-state index is 12.7. The number of carbonyl (C=O) groups is 1. The maximum Gasteiger partial charge on any atom is 0.229 e. The minimum atomic E-state index is -0.136. The van der Waals surface area contributed by atoms with Crippen molar-refractivity contribution in [3.8, 4) is 5.69 Å². The first-order valence-corrected chi connectivity index (χ1v) is 11.1. The van der Waals surface area contributed by atoms with E-state index in [2.05, 4.69) is 65.4 Å². The quantitative estimate of drug-likeness (QED) is 0.433. The number of rotatable bonds is 5. The van der Waals surface area contributed by atoms with E-state index in [-0.39, 0.29) is 11.8 Å². The third-order valence-corrected chi connectivity index (χ3v) is 6.37. The molecule has 0 spiro atoms. The summed E-state index contributed by atoms with van der Waals surface area (Å²) < 4.78 is 1.65. The molecule has 3 N–H and O–H groups in total. The van der Waals surface area contributed by atoms with Crippen molar-refractivity contribution >= 4 is 17.7 Å². The predicted octanol–water partition coefficient (Wildman–Crippen LogP) is 2.10. The smallest absolute Gasteiger partial charge is 0.229 e. The standard InChI is InChI=1S/C23H23N9O/c33-22(16-5-6-19-20(11-16)29-31-28-19)27-21-7-8-32(30-21)18-12-24-23(25-13-18)26-17-9-14-3-1-2-4-15(14)10-17/h1-4,7-8,12-13,16-17H,5-6,9-11H2,(H,24,25,26)(H,27,30,33)(H,28,29,31). The van der Waals surface area contributed by atoms with Gasteiger partial charge in [0.2, 0.25) is 11.9 Å². The summed E-state index contributed by atoms with van der Waals surface area (Å²) in [4.78, 5) is 21.6. The summed E-state index contributed by atoms with van der Waals surface area (Å²) in [6.45, 7) is 0. The highest BCUT2D eigenvalue weighted by molar-refractivity contribution is 5.92. The molecule has 166 valence electrons. The Morgan fingerprint density at radius 1 is 1.00 bits per heavy atom. The molecule has 0 fully saturated rings. The van der Waals surface area contributed by atoms with Crippen LogP contribution in [0.15, 0.2) is 48.9 Å². The monoisotopic (exact) mass is 441 g/mol. The van der Waals surface area contributed by atoms with E-state index in [9.17, 15) is 4.79 Å². The van der Waals surface area contributed by atoms with Gasteiger partial charge in [0.1, 0.15) is 5.69 Å². The molecule has 3 heterocycles. The van der Waals surface area contributed by atoms with Crippen LogP contribution in [0.1, 0.15) is 28.9 Å². The first-order chi connectivity index (χ1) is 16.2. The van der Waals surface area contributed by atoms with Gasteiger partial charge in [0, 0.05) is 30.6 Å². The topological polar surface area (TPSA) is 126 Å². The molecule has 4 aromatic rings. The minimum absolute atomic E-state index is 0.0535. The summed E-state index contributed by atoms with van der Waals surface area (Å²) in [6, 6.07) is 10.6. The molecular weight excluding hydrogens is 418 g/mol. The van der Waals surface area contributed by atoms with Crippen LogP contribution in [0.25, 0.3) is 5.69 Å². The zero-order valence-electron chi connectivity index (χ0n) is 17.9. The molecular formula is C23H23N9O. The molecule has 2 aliphatic rings. The number of nitrogens with zero attached hydrogens (tertiary/aromatic N) is 6. The van der Waals surface area contributed by atoms with E-state index in [1.54, 1.807) is 29.3 Å². The number of aromatic amines is 1. The Morgan fingerprint density at radius 3 is 2.55 bits per heavy atom. The van der Waals surface area contributed by atoms with Crippen molar-refractivity contribution < 1.29 is 4.79 Å². The van der Waals surface area contributed by atoms with Gasteiger partial charge in [0.15, 0.2) is 5.82 Å². The van der Waals surface area contributed by atoms with Gasteiger partial charge in [-0.05, 0) is 36.8 Å². The van der Waals surface area contributed by atoms with Gasteiger partial charge in [-0.25, -0.2) is 14.6 Å². The number of hydrogen-bond acceptors (Lipinski definition) is 7. The highest BCUT2D eigenvalue weighted by Gasteiger charge is 2.27. The van der Waals surface area contributed by atoms with Crippen LogP contribution in [0.4, 0.5) is 11.8 Å². The maximum atomic E-state index is 12.7. The summed E-state index contributed by atoms with van der Waals surface area (Å²) in [5, 5.41) is 21.7.